The van der Waals surface area contributed by atoms with Gasteiger partial charge >= 0.3 is 0 Å². The highest BCUT2D eigenvalue weighted by molar-refractivity contribution is 5.85. The molecule has 1 aromatic carbocycles. The molecule has 0 spiro atoms. The molecule has 0 bridgehead atoms. The van der Waals surface area contributed by atoms with Crippen LogP contribution >= 0.6 is 12.4 Å². The zero-order valence-electron chi connectivity index (χ0n) is 11.0. The Morgan fingerprint density at radius 3 is 2.68 bits per heavy atom. The zero-order valence-corrected chi connectivity index (χ0v) is 11.9. The van der Waals surface area contributed by atoms with Crippen molar-refractivity contribution in [3.8, 4) is 0 Å². The van der Waals surface area contributed by atoms with Gasteiger partial charge in [0, 0.05) is 19.5 Å². The summed E-state index contributed by atoms with van der Waals surface area (Å²) in [4.78, 5) is 6.26. The van der Waals surface area contributed by atoms with Gasteiger partial charge in [0.1, 0.15) is 0 Å². The highest BCUT2D eigenvalue weighted by Crippen LogP contribution is 2.20. The van der Waals surface area contributed by atoms with Crippen molar-refractivity contribution in [3.05, 3.63) is 48.6 Å². The van der Waals surface area contributed by atoms with Gasteiger partial charge in [-0.05, 0) is 12.0 Å². The van der Waals surface area contributed by atoms with E-state index in [0.717, 1.165) is 18.7 Å². The molecule has 1 aliphatic heterocycles. The van der Waals surface area contributed by atoms with Crippen molar-refractivity contribution in [1.82, 2.24) is 4.90 Å². The molecule has 1 unspecified atom stereocenters. The van der Waals surface area contributed by atoms with Crippen LogP contribution in [-0.4, -0.2) is 41.6 Å². The first-order valence-electron chi connectivity index (χ1n) is 6.33. The van der Waals surface area contributed by atoms with Crippen molar-refractivity contribution in [2.75, 3.05) is 19.6 Å². The van der Waals surface area contributed by atoms with Crippen LogP contribution in [0.2, 0.25) is 0 Å². The van der Waals surface area contributed by atoms with Gasteiger partial charge in [-0.1, -0.05) is 36.4 Å². The molecule has 0 saturated heterocycles. The Bertz CT molecular complexity index is 421. The molecular weight excluding hydrogens is 260 g/mol. The van der Waals surface area contributed by atoms with E-state index in [-0.39, 0.29) is 12.4 Å². The average Bonchev–Trinajstić information content (AvgIpc) is 2.82. The van der Waals surface area contributed by atoms with Gasteiger partial charge in [0.05, 0.1) is 18.5 Å². The lowest BCUT2D eigenvalue weighted by Crippen LogP contribution is -2.43. The summed E-state index contributed by atoms with van der Waals surface area (Å²) < 4.78 is 0. The van der Waals surface area contributed by atoms with Crippen LogP contribution in [-0.2, 0) is 6.42 Å². The minimum absolute atomic E-state index is 0. The molecule has 2 rings (SSSR count). The molecule has 104 valence electrons. The summed E-state index contributed by atoms with van der Waals surface area (Å²) >= 11 is 0. The van der Waals surface area contributed by atoms with Gasteiger partial charge in [-0.15, -0.1) is 19.0 Å². The minimum Gasteiger partial charge on any atom is -0.387 e. The Morgan fingerprint density at radius 1 is 1.37 bits per heavy atom. The SMILES string of the molecule is C=CCC(O)(Cc1ccccc1)CN1C=NCC1.Cl. The lowest BCUT2D eigenvalue weighted by molar-refractivity contribution is 0.0255. The topological polar surface area (TPSA) is 35.8 Å². The predicted octanol–water partition coefficient (Wildman–Crippen LogP) is 2.30. The number of hydrogen-bond acceptors (Lipinski definition) is 3. The van der Waals surface area contributed by atoms with Gasteiger partial charge < -0.3 is 10.0 Å². The van der Waals surface area contributed by atoms with E-state index in [1.54, 1.807) is 6.08 Å². The Labute approximate surface area is 121 Å². The monoisotopic (exact) mass is 280 g/mol. The lowest BCUT2D eigenvalue weighted by atomic mass is 9.90. The van der Waals surface area contributed by atoms with Gasteiger partial charge in [-0.2, -0.15) is 0 Å². The molecule has 0 fully saturated rings. The van der Waals surface area contributed by atoms with E-state index in [4.69, 9.17) is 0 Å². The van der Waals surface area contributed by atoms with Crippen molar-refractivity contribution in [2.24, 2.45) is 4.99 Å². The number of β-amino-alcohol motifs (C(OH)–C–C–N with tert-alkyl or cyclic N) is 1. The van der Waals surface area contributed by atoms with Crippen molar-refractivity contribution >= 4 is 18.7 Å². The molecule has 3 nitrogen and oxygen atoms in total. The molecule has 1 N–H and O–H groups in total. The molecule has 1 aromatic rings. The van der Waals surface area contributed by atoms with E-state index in [0.29, 0.717) is 19.4 Å². The van der Waals surface area contributed by atoms with E-state index >= 15 is 0 Å². The molecule has 0 amide bonds. The normalized spacial score (nSPS) is 16.8. The molecule has 19 heavy (non-hydrogen) atoms. The van der Waals surface area contributed by atoms with Crippen LogP contribution in [0.1, 0.15) is 12.0 Å². The number of aliphatic hydroxyl groups is 1. The Morgan fingerprint density at radius 2 is 2.11 bits per heavy atom. The maximum absolute atomic E-state index is 10.8. The second kappa shape index (κ2) is 7.31. The maximum Gasteiger partial charge on any atom is 0.0896 e. The van der Waals surface area contributed by atoms with Gasteiger partial charge in [0.2, 0.25) is 0 Å². The highest BCUT2D eigenvalue weighted by Gasteiger charge is 2.28. The molecule has 4 heteroatoms. The highest BCUT2D eigenvalue weighted by atomic mass is 35.5. The van der Waals surface area contributed by atoms with E-state index in [1.807, 2.05) is 36.7 Å². The van der Waals surface area contributed by atoms with Crippen LogP contribution in [0.3, 0.4) is 0 Å². The van der Waals surface area contributed by atoms with Crippen molar-refractivity contribution in [3.63, 3.8) is 0 Å². The van der Waals surface area contributed by atoms with E-state index in [2.05, 4.69) is 16.5 Å². The fraction of sp³-hybridized carbons (Fsp3) is 0.400. The van der Waals surface area contributed by atoms with Gasteiger partial charge in [0.15, 0.2) is 0 Å². The third kappa shape index (κ3) is 4.69. The maximum atomic E-state index is 10.8. The van der Waals surface area contributed by atoms with Crippen LogP contribution in [0, 0.1) is 0 Å². The summed E-state index contributed by atoms with van der Waals surface area (Å²) in [6, 6.07) is 10.1. The van der Waals surface area contributed by atoms with Crippen LogP contribution in [0.15, 0.2) is 48.0 Å². The average molecular weight is 281 g/mol. The smallest absolute Gasteiger partial charge is 0.0896 e. The Hall–Kier alpha value is -1.32. The van der Waals surface area contributed by atoms with Crippen molar-refractivity contribution in [2.45, 2.75) is 18.4 Å². The Kier molecular flexibility index (Phi) is 6.06. The summed E-state index contributed by atoms with van der Waals surface area (Å²) in [5, 5.41) is 10.8. The molecule has 0 saturated carbocycles. The second-order valence-electron chi connectivity index (χ2n) is 4.87. The van der Waals surface area contributed by atoms with E-state index in [1.165, 1.54) is 0 Å². The summed E-state index contributed by atoms with van der Waals surface area (Å²) in [6.07, 6.45) is 4.85. The summed E-state index contributed by atoms with van der Waals surface area (Å²) in [5.41, 5.74) is 0.386. The van der Waals surface area contributed by atoms with E-state index in [9.17, 15) is 5.11 Å². The third-order valence-corrected chi connectivity index (χ3v) is 3.16. The number of hydrogen-bond donors (Lipinski definition) is 1. The molecule has 0 radical (unpaired) electrons. The summed E-state index contributed by atoms with van der Waals surface area (Å²) in [5.74, 6) is 0. The molecule has 0 aromatic heterocycles. The number of benzene rings is 1. The molecule has 1 atom stereocenters. The number of rotatable bonds is 6. The first-order chi connectivity index (χ1) is 8.72. The first-order valence-corrected chi connectivity index (χ1v) is 6.33. The number of aliphatic imine (C=N–C) groups is 1. The lowest BCUT2D eigenvalue weighted by Gasteiger charge is -2.31. The number of nitrogens with zero attached hydrogens (tertiary/aromatic N) is 2. The van der Waals surface area contributed by atoms with Crippen molar-refractivity contribution < 1.29 is 5.11 Å². The molecule has 1 heterocycles. The molecule has 1 aliphatic rings. The minimum atomic E-state index is -0.764. The quantitative estimate of drug-likeness (QED) is 0.812. The van der Waals surface area contributed by atoms with Gasteiger partial charge in [-0.3, -0.25) is 4.99 Å². The molecular formula is C15H21ClN2O. The van der Waals surface area contributed by atoms with Crippen LogP contribution < -0.4 is 0 Å². The van der Waals surface area contributed by atoms with Crippen LogP contribution in [0.5, 0.6) is 0 Å². The van der Waals surface area contributed by atoms with Crippen LogP contribution in [0.4, 0.5) is 0 Å². The number of halogens is 1. The fourth-order valence-corrected chi connectivity index (χ4v) is 2.35. The molecule has 0 aliphatic carbocycles. The van der Waals surface area contributed by atoms with Gasteiger partial charge in [-0.25, -0.2) is 0 Å². The predicted molar refractivity (Wildman–Crippen MR) is 82.1 cm³/mol. The second-order valence-corrected chi connectivity index (χ2v) is 4.87. The van der Waals surface area contributed by atoms with Gasteiger partial charge in [0.25, 0.3) is 0 Å². The summed E-state index contributed by atoms with van der Waals surface area (Å²) in [6.45, 7) is 6.08. The Balaban J connectivity index is 0.00000180. The largest absolute Gasteiger partial charge is 0.387 e. The third-order valence-electron chi connectivity index (χ3n) is 3.16. The zero-order chi connectivity index (χ0) is 12.8. The van der Waals surface area contributed by atoms with Crippen molar-refractivity contribution in [1.29, 1.82) is 0 Å². The van der Waals surface area contributed by atoms with E-state index < -0.39 is 5.60 Å². The standard InChI is InChI=1S/C15H20N2O.ClH/c1-2-8-15(18,12-17-10-9-16-13-17)11-14-6-4-3-5-7-14;/h2-7,13,18H,1,8-12H2;1H. The fourth-order valence-electron chi connectivity index (χ4n) is 2.35. The summed E-state index contributed by atoms with van der Waals surface area (Å²) in [7, 11) is 0. The van der Waals surface area contributed by atoms with Crippen LogP contribution in [0.25, 0.3) is 0 Å². The first kappa shape index (κ1) is 15.7.